The summed E-state index contributed by atoms with van der Waals surface area (Å²) in [5, 5.41) is 10.2. The van der Waals surface area contributed by atoms with Gasteiger partial charge in [-0.3, -0.25) is 0 Å². The van der Waals surface area contributed by atoms with E-state index in [1.165, 1.54) is 18.2 Å². The van der Waals surface area contributed by atoms with Crippen LogP contribution < -0.4 is 20.7 Å². The minimum absolute atomic E-state index is 0.0237. The number of rotatable bonds is 14. The van der Waals surface area contributed by atoms with Gasteiger partial charge in [-0.2, -0.15) is 0 Å². The van der Waals surface area contributed by atoms with Gasteiger partial charge in [0.25, 0.3) is 0 Å². The van der Waals surface area contributed by atoms with Crippen LogP contribution in [0.1, 0.15) is 47.0 Å². The predicted octanol–water partition coefficient (Wildman–Crippen LogP) is 5.27. The summed E-state index contributed by atoms with van der Waals surface area (Å²) in [5.74, 6) is 0.999. The highest BCUT2D eigenvalue weighted by molar-refractivity contribution is 7.89. The van der Waals surface area contributed by atoms with Crippen LogP contribution in [0.4, 0.5) is 10.6 Å². The number of carbonyl (C=O) groups excluding carboxylic acids is 1. The molecule has 1 atom stereocenters. The Morgan fingerprint density at radius 2 is 1.82 bits per heavy atom. The molecule has 1 heterocycles. The summed E-state index contributed by atoms with van der Waals surface area (Å²) in [6, 6.07) is 9.45. The topological polar surface area (TPSA) is 115 Å². The molecule has 2 rings (SSSR count). The van der Waals surface area contributed by atoms with Crippen LogP contribution in [0.25, 0.3) is 0 Å². The monoisotopic (exact) mass is 616 g/mol. The number of benzene rings is 1. The first-order valence-corrected chi connectivity index (χ1v) is 15.5. The van der Waals surface area contributed by atoms with Crippen molar-refractivity contribution in [1.29, 1.82) is 0 Å². The summed E-state index contributed by atoms with van der Waals surface area (Å²) in [6.07, 6.45) is 3.58. The van der Waals surface area contributed by atoms with Gasteiger partial charge in [-0.1, -0.05) is 43.1 Å². The van der Waals surface area contributed by atoms with Gasteiger partial charge in [-0.15, -0.1) is 0 Å². The van der Waals surface area contributed by atoms with Gasteiger partial charge >= 0.3 is 6.03 Å². The molecule has 1 aromatic carbocycles. The lowest BCUT2D eigenvalue weighted by Crippen LogP contribution is -2.51. The highest BCUT2D eigenvalue weighted by Crippen LogP contribution is 2.24. The molecule has 2 amide bonds. The van der Waals surface area contributed by atoms with Crippen molar-refractivity contribution in [1.82, 2.24) is 25.2 Å². The van der Waals surface area contributed by atoms with Crippen LogP contribution in [-0.4, -0.2) is 61.2 Å². The van der Waals surface area contributed by atoms with E-state index >= 15 is 0 Å². The molecule has 0 fully saturated rings. The number of thiocarbonyl (C=S) groups is 1. The fourth-order valence-corrected chi connectivity index (χ4v) is 5.92. The van der Waals surface area contributed by atoms with Gasteiger partial charge in [-0.25, -0.2) is 22.9 Å². The number of nitrogens with zero attached hydrogens (tertiary/aromatic N) is 2. The Bertz CT molecular complexity index is 1180. The highest BCUT2D eigenvalue weighted by Gasteiger charge is 2.22. The maximum Gasteiger partial charge on any atom is 0.317 e. The number of aromatic nitrogens is 1. The standard InChI is InChI=1S/C26H38Cl2N6O3S2/c1-18(2)15-21(32-25(38)33-24-9-5-6-12-29-24)17-34(26(35)31-19(3)4)14-8-7-13-30-39(36,37)23-11-10-20(27)16-22(23)28/h5-6,9-12,16,18-19,21,30H,7-8,13-15,17H2,1-4H3,(H,31,35)(H2,29,32,33,38)/t21-/m1/s1. The number of nitrogens with one attached hydrogen (secondary N) is 4. The van der Waals surface area contributed by atoms with Gasteiger partial charge in [0.05, 0.1) is 5.02 Å². The Kier molecular flexibility index (Phi) is 13.7. The summed E-state index contributed by atoms with van der Waals surface area (Å²) >= 11 is 17.4. The molecule has 0 aliphatic rings. The Hall–Kier alpha value is -2.18. The molecule has 39 heavy (non-hydrogen) atoms. The van der Waals surface area contributed by atoms with Crippen LogP contribution in [0.15, 0.2) is 47.5 Å². The van der Waals surface area contributed by atoms with Crippen molar-refractivity contribution in [3.05, 3.63) is 52.6 Å². The van der Waals surface area contributed by atoms with Crippen LogP contribution in [-0.2, 0) is 10.0 Å². The summed E-state index contributed by atoms with van der Waals surface area (Å²) in [7, 11) is -3.78. The molecule has 0 bridgehead atoms. The highest BCUT2D eigenvalue weighted by atomic mass is 35.5. The average molecular weight is 618 g/mol. The smallest absolute Gasteiger partial charge is 0.317 e. The molecule has 0 unspecified atom stereocenters. The largest absolute Gasteiger partial charge is 0.358 e. The SMILES string of the molecule is CC(C)C[C@H](CN(CCCCNS(=O)(=O)c1ccc(Cl)cc1Cl)C(=O)NC(C)C)NC(=S)Nc1ccccn1. The molecule has 1 aromatic heterocycles. The van der Waals surface area contributed by atoms with Gasteiger partial charge in [0, 0.05) is 42.9 Å². The van der Waals surface area contributed by atoms with E-state index < -0.39 is 10.0 Å². The zero-order chi connectivity index (χ0) is 29.0. The molecule has 0 spiro atoms. The van der Waals surface area contributed by atoms with E-state index in [-0.39, 0.29) is 34.6 Å². The molecule has 2 aromatic rings. The van der Waals surface area contributed by atoms with Gasteiger partial charge in [0.2, 0.25) is 10.0 Å². The number of halogens is 2. The van der Waals surface area contributed by atoms with E-state index in [1.54, 1.807) is 11.1 Å². The zero-order valence-electron chi connectivity index (χ0n) is 22.7. The van der Waals surface area contributed by atoms with Crippen molar-refractivity contribution in [2.45, 2.75) is 63.9 Å². The van der Waals surface area contributed by atoms with Crippen molar-refractivity contribution < 1.29 is 13.2 Å². The third kappa shape index (κ3) is 12.3. The number of carbonyl (C=O) groups is 1. The fraction of sp³-hybridized carbons (Fsp3) is 0.500. The summed E-state index contributed by atoms with van der Waals surface area (Å²) in [4.78, 5) is 19.0. The van der Waals surface area contributed by atoms with E-state index in [0.29, 0.717) is 47.8 Å². The number of unbranched alkanes of at least 4 members (excludes halogenated alkanes) is 1. The third-order valence-electron chi connectivity index (χ3n) is 5.47. The lowest BCUT2D eigenvalue weighted by molar-refractivity contribution is 0.186. The lowest BCUT2D eigenvalue weighted by Gasteiger charge is -2.31. The molecule has 9 nitrogen and oxygen atoms in total. The second-order valence-electron chi connectivity index (χ2n) is 9.87. The molecule has 0 saturated heterocycles. The average Bonchev–Trinajstić information content (AvgIpc) is 2.82. The van der Waals surface area contributed by atoms with E-state index in [0.717, 1.165) is 6.42 Å². The normalized spacial score (nSPS) is 12.3. The van der Waals surface area contributed by atoms with Gasteiger partial charge in [0.1, 0.15) is 10.7 Å². The van der Waals surface area contributed by atoms with Crippen LogP contribution in [0.5, 0.6) is 0 Å². The quantitative estimate of drug-likeness (QED) is 0.169. The molecule has 0 radical (unpaired) electrons. The Labute approximate surface area is 247 Å². The molecule has 216 valence electrons. The van der Waals surface area contributed by atoms with Crippen molar-refractivity contribution >= 4 is 62.4 Å². The molecule has 4 N–H and O–H groups in total. The van der Waals surface area contributed by atoms with Crippen molar-refractivity contribution in [3.63, 3.8) is 0 Å². The van der Waals surface area contributed by atoms with Crippen LogP contribution in [0.2, 0.25) is 10.0 Å². The summed E-state index contributed by atoms with van der Waals surface area (Å²) in [6.45, 7) is 9.10. The van der Waals surface area contributed by atoms with E-state index in [9.17, 15) is 13.2 Å². The second-order valence-corrected chi connectivity index (χ2v) is 12.9. The minimum Gasteiger partial charge on any atom is -0.358 e. The van der Waals surface area contributed by atoms with Crippen molar-refractivity contribution in [3.8, 4) is 0 Å². The van der Waals surface area contributed by atoms with E-state index in [4.69, 9.17) is 35.4 Å². The van der Waals surface area contributed by atoms with Gasteiger partial charge < -0.3 is 20.9 Å². The lowest BCUT2D eigenvalue weighted by atomic mass is 10.0. The first-order valence-electron chi connectivity index (χ1n) is 12.9. The maximum absolute atomic E-state index is 13.0. The summed E-state index contributed by atoms with van der Waals surface area (Å²) in [5.41, 5.74) is 0. The molecule has 0 aliphatic carbocycles. The van der Waals surface area contributed by atoms with E-state index in [2.05, 4.69) is 39.5 Å². The summed E-state index contributed by atoms with van der Waals surface area (Å²) < 4.78 is 27.8. The number of sulfonamides is 1. The molecular weight excluding hydrogens is 579 g/mol. The Balaban J connectivity index is 1.98. The van der Waals surface area contributed by atoms with Crippen LogP contribution >= 0.6 is 35.4 Å². The Morgan fingerprint density at radius 1 is 1.08 bits per heavy atom. The number of urea groups is 1. The van der Waals surface area contributed by atoms with Gasteiger partial charge in [-0.05, 0) is 81.6 Å². The Morgan fingerprint density at radius 3 is 2.44 bits per heavy atom. The number of pyridine rings is 1. The fourth-order valence-electron chi connectivity index (χ4n) is 3.81. The maximum atomic E-state index is 13.0. The molecule has 0 aliphatic heterocycles. The van der Waals surface area contributed by atoms with E-state index in [1.807, 2.05) is 32.0 Å². The second kappa shape index (κ2) is 16.2. The van der Waals surface area contributed by atoms with Crippen LogP contribution in [0.3, 0.4) is 0 Å². The minimum atomic E-state index is -3.78. The molecule has 0 saturated carbocycles. The molecule has 13 heteroatoms. The number of anilines is 1. The van der Waals surface area contributed by atoms with Crippen molar-refractivity contribution in [2.75, 3.05) is 25.0 Å². The third-order valence-corrected chi connectivity index (χ3v) is 7.87. The van der Waals surface area contributed by atoms with Gasteiger partial charge in [0.15, 0.2) is 5.11 Å². The first kappa shape index (κ1) is 33.0. The van der Waals surface area contributed by atoms with Crippen molar-refractivity contribution in [2.24, 2.45) is 5.92 Å². The number of amides is 2. The van der Waals surface area contributed by atoms with Crippen LogP contribution in [0, 0.1) is 5.92 Å². The number of hydrogen-bond acceptors (Lipinski definition) is 5. The molecular formula is C26H38Cl2N6O3S2. The number of hydrogen-bond donors (Lipinski definition) is 4. The first-order chi connectivity index (χ1) is 18.4. The zero-order valence-corrected chi connectivity index (χ0v) is 25.9. The predicted molar refractivity (Wildman–Crippen MR) is 163 cm³/mol.